The van der Waals surface area contributed by atoms with Crippen molar-refractivity contribution < 1.29 is 23.4 Å². The molecule has 0 aliphatic carbocycles. The Morgan fingerprint density at radius 3 is 3.00 bits per heavy atom. The Labute approximate surface area is 218 Å². The molecule has 0 saturated carbocycles. The van der Waals surface area contributed by atoms with Crippen molar-refractivity contribution in [3.05, 3.63) is 58.5 Å². The van der Waals surface area contributed by atoms with Crippen molar-refractivity contribution in [2.45, 2.75) is 69.6 Å². The number of hydrogen-bond donors (Lipinski definition) is 1. The van der Waals surface area contributed by atoms with Crippen LogP contribution in [0.5, 0.6) is 0 Å². The first-order chi connectivity index (χ1) is 18.1. The zero-order valence-electron chi connectivity index (χ0n) is 21.7. The molecule has 1 aromatic carbocycles. The molecule has 0 bridgehead atoms. The molecule has 3 aliphatic rings. The molecule has 0 radical (unpaired) electrons. The quantitative estimate of drug-likeness (QED) is 0.364. The number of ether oxygens (including phenoxy) is 3. The molecule has 37 heavy (non-hydrogen) atoms. The Kier molecular flexibility index (Phi) is 8.69. The van der Waals surface area contributed by atoms with Crippen LogP contribution in [-0.2, 0) is 31.8 Å². The number of likely N-dealkylation sites (tertiary alicyclic amines) is 1. The largest absolute Gasteiger partial charge is 0.468 e. The number of aryl methyl sites for hydroxylation is 2. The maximum atomic E-state index is 14.3. The van der Waals surface area contributed by atoms with Crippen LogP contribution in [0.25, 0.3) is 0 Å². The number of carbonyl (C=O) groups excluding carboxylic acids is 1. The molecule has 5 rings (SSSR count). The summed E-state index contributed by atoms with van der Waals surface area (Å²) >= 11 is 0. The molecule has 1 aromatic heterocycles. The molecule has 8 heteroatoms. The Bertz CT molecular complexity index is 1080. The SMILES string of the molecule is COC(=O)C(c1cc(F)ccc1C1CCCO1)N1CC[C@@H](OCCCCc2ccc3c(n2)NCCC3)C1. The Morgan fingerprint density at radius 1 is 1.24 bits per heavy atom. The van der Waals surface area contributed by atoms with Gasteiger partial charge in [0.25, 0.3) is 0 Å². The van der Waals surface area contributed by atoms with Crippen molar-refractivity contribution in [3.63, 3.8) is 0 Å². The highest BCUT2D eigenvalue weighted by molar-refractivity contribution is 5.78. The van der Waals surface area contributed by atoms with Gasteiger partial charge in [0.05, 0.1) is 19.3 Å². The number of methoxy groups -OCH3 is 1. The summed E-state index contributed by atoms with van der Waals surface area (Å²) in [6, 6.07) is 8.35. The van der Waals surface area contributed by atoms with Gasteiger partial charge in [0.2, 0.25) is 0 Å². The predicted molar refractivity (Wildman–Crippen MR) is 139 cm³/mol. The van der Waals surface area contributed by atoms with Crippen LogP contribution in [0.1, 0.15) is 73.1 Å². The van der Waals surface area contributed by atoms with Gasteiger partial charge in [0.1, 0.15) is 17.7 Å². The van der Waals surface area contributed by atoms with Gasteiger partial charge in [-0.15, -0.1) is 0 Å². The first kappa shape index (κ1) is 26.1. The first-order valence-electron chi connectivity index (χ1n) is 13.7. The van der Waals surface area contributed by atoms with Gasteiger partial charge < -0.3 is 19.5 Å². The molecule has 4 heterocycles. The Hall–Kier alpha value is -2.55. The lowest BCUT2D eigenvalue weighted by atomic mass is 9.94. The van der Waals surface area contributed by atoms with Gasteiger partial charge >= 0.3 is 5.97 Å². The summed E-state index contributed by atoms with van der Waals surface area (Å²) in [5.41, 5.74) is 3.96. The van der Waals surface area contributed by atoms with Gasteiger partial charge in [-0.2, -0.15) is 0 Å². The molecular weight excluding hydrogens is 473 g/mol. The molecule has 2 fully saturated rings. The summed E-state index contributed by atoms with van der Waals surface area (Å²) in [5.74, 6) is 0.312. The average molecular weight is 512 g/mol. The number of carbonyl (C=O) groups is 1. The number of fused-ring (bicyclic) bond motifs is 1. The predicted octanol–water partition coefficient (Wildman–Crippen LogP) is 4.76. The topological polar surface area (TPSA) is 72.9 Å². The van der Waals surface area contributed by atoms with Crippen molar-refractivity contribution in [1.29, 1.82) is 0 Å². The molecule has 3 atom stereocenters. The summed E-state index contributed by atoms with van der Waals surface area (Å²) in [6.07, 6.45) is 7.77. The molecule has 0 spiro atoms. The van der Waals surface area contributed by atoms with Gasteiger partial charge in [-0.25, -0.2) is 14.2 Å². The van der Waals surface area contributed by atoms with Gasteiger partial charge in [-0.1, -0.05) is 12.1 Å². The van der Waals surface area contributed by atoms with E-state index in [0.717, 1.165) is 68.6 Å². The number of rotatable bonds is 10. The molecule has 2 aromatic rings. The molecule has 1 N–H and O–H groups in total. The van der Waals surface area contributed by atoms with Crippen molar-refractivity contribution in [2.24, 2.45) is 0 Å². The number of hydrogen-bond acceptors (Lipinski definition) is 7. The Morgan fingerprint density at radius 2 is 2.16 bits per heavy atom. The number of nitrogens with one attached hydrogen (secondary N) is 1. The smallest absolute Gasteiger partial charge is 0.327 e. The van der Waals surface area contributed by atoms with E-state index in [1.165, 1.54) is 31.2 Å². The highest BCUT2D eigenvalue weighted by atomic mass is 19.1. The maximum absolute atomic E-state index is 14.3. The van der Waals surface area contributed by atoms with Crippen LogP contribution in [0.4, 0.5) is 10.2 Å². The van der Waals surface area contributed by atoms with E-state index < -0.39 is 6.04 Å². The van der Waals surface area contributed by atoms with Crippen LogP contribution >= 0.6 is 0 Å². The number of anilines is 1. The fourth-order valence-corrected chi connectivity index (χ4v) is 5.77. The minimum Gasteiger partial charge on any atom is -0.468 e. The molecule has 3 aliphatic heterocycles. The van der Waals surface area contributed by atoms with E-state index in [2.05, 4.69) is 22.3 Å². The molecule has 7 nitrogen and oxygen atoms in total. The highest BCUT2D eigenvalue weighted by Crippen LogP contribution is 2.37. The number of aromatic nitrogens is 1. The number of esters is 1. The third kappa shape index (κ3) is 6.30. The average Bonchev–Trinajstić information content (AvgIpc) is 3.62. The van der Waals surface area contributed by atoms with E-state index in [9.17, 15) is 9.18 Å². The summed E-state index contributed by atoms with van der Waals surface area (Å²) in [6.45, 7) is 3.66. The van der Waals surface area contributed by atoms with E-state index in [1.807, 2.05) is 0 Å². The normalized spacial score (nSPS) is 22.4. The van der Waals surface area contributed by atoms with Gasteiger partial charge in [-0.05, 0) is 86.3 Å². The maximum Gasteiger partial charge on any atom is 0.327 e. The molecule has 200 valence electrons. The van der Waals surface area contributed by atoms with Gasteiger partial charge in [0, 0.05) is 38.5 Å². The van der Waals surface area contributed by atoms with Crippen molar-refractivity contribution in [2.75, 3.05) is 45.3 Å². The first-order valence-corrected chi connectivity index (χ1v) is 13.7. The second kappa shape index (κ2) is 12.3. The zero-order valence-corrected chi connectivity index (χ0v) is 21.7. The van der Waals surface area contributed by atoms with Crippen LogP contribution in [-0.4, -0.2) is 61.9 Å². The van der Waals surface area contributed by atoms with Gasteiger partial charge in [0.15, 0.2) is 0 Å². The fourth-order valence-electron chi connectivity index (χ4n) is 5.77. The zero-order chi connectivity index (χ0) is 25.6. The summed E-state index contributed by atoms with van der Waals surface area (Å²) in [4.78, 5) is 19.8. The molecular formula is C29H38FN3O4. The highest BCUT2D eigenvalue weighted by Gasteiger charge is 2.37. The lowest BCUT2D eigenvalue weighted by molar-refractivity contribution is -0.147. The third-order valence-corrected chi connectivity index (χ3v) is 7.72. The van der Waals surface area contributed by atoms with E-state index >= 15 is 0 Å². The van der Waals surface area contributed by atoms with Crippen LogP contribution in [0.3, 0.4) is 0 Å². The van der Waals surface area contributed by atoms with Crippen LogP contribution in [0.2, 0.25) is 0 Å². The van der Waals surface area contributed by atoms with E-state index in [4.69, 9.17) is 19.2 Å². The number of pyridine rings is 1. The van der Waals surface area contributed by atoms with Crippen LogP contribution < -0.4 is 5.32 Å². The molecule has 0 amide bonds. The van der Waals surface area contributed by atoms with E-state index in [1.54, 1.807) is 6.07 Å². The fraction of sp³-hybridized carbons (Fsp3) is 0.586. The second-order valence-corrected chi connectivity index (χ2v) is 10.3. The number of halogens is 1. The van der Waals surface area contributed by atoms with E-state index in [-0.39, 0.29) is 24.0 Å². The van der Waals surface area contributed by atoms with Gasteiger partial charge in [-0.3, -0.25) is 4.90 Å². The van der Waals surface area contributed by atoms with Crippen LogP contribution in [0.15, 0.2) is 30.3 Å². The molecule has 2 unspecified atom stereocenters. The minimum atomic E-state index is -0.669. The summed E-state index contributed by atoms with van der Waals surface area (Å²) in [7, 11) is 1.39. The second-order valence-electron chi connectivity index (χ2n) is 10.3. The lowest BCUT2D eigenvalue weighted by Crippen LogP contribution is -2.35. The summed E-state index contributed by atoms with van der Waals surface area (Å²) < 4.78 is 31.6. The summed E-state index contributed by atoms with van der Waals surface area (Å²) in [5, 5.41) is 3.40. The minimum absolute atomic E-state index is 0.0398. The number of unbranched alkanes of at least 4 members (excludes halogenated alkanes) is 1. The Balaban J connectivity index is 1.14. The molecule has 2 saturated heterocycles. The van der Waals surface area contributed by atoms with Crippen molar-refractivity contribution in [3.8, 4) is 0 Å². The van der Waals surface area contributed by atoms with Crippen LogP contribution in [0, 0.1) is 5.82 Å². The van der Waals surface area contributed by atoms with Crippen molar-refractivity contribution >= 4 is 11.8 Å². The monoisotopic (exact) mass is 511 g/mol. The van der Waals surface area contributed by atoms with E-state index in [0.29, 0.717) is 31.9 Å². The third-order valence-electron chi connectivity index (χ3n) is 7.72. The van der Waals surface area contributed by atoms with Crippen molar-refractivity contribution in [1.82, 2.24) is 9.88 Å². The number of nitrogens with zero attached hydrogens (tertiary/aromatic N) is 2. The number of benzene rings is 1. The lowest BCUT2D eigenvalue weighted by Gasteiger charge is -2.29. The standard InChI is InChI=1S/C29H38FN3O4/c1-35-29(34)27(25-18-21(30)10-12-24(25)26-8-5-17-37-26)33-15-13-23(19-33)36-16-3-2-7-22-11-9-20-6-4-14-31-28(20)32-22/h9-12,18,23,26-27H,2-8,13-17,19H2,1H3,(H,31,32)/t23-,26?,27?/m1/s1.